The number of carbonyl (C=O) groups is 4. The third-order valence-electron chi connectivity index (χ3n) is 4.51. The summed E-state index contributed by atoms with van der Waals surface area (Å²) in [6.07, 6.45) is 0.207. The number of aromatic nitrogens is 2. The number of hydrogen-bond acceptors (Lipinski definition) is 8. The van der Waals surface area contributed by atoms with Crippen LogP contribution in [0, 0.1) is 5.92 Å². The number of aliphatic carboxylic acids is 2. The van der Waals surface area contributed by atoms with Crippen LogP contribution in [-0.2, 0) is 14.4 Å². The number of hydrogen-bond donors (Lipinski definition) is 6. The van der Waals surface area contributed by atoms with Crippen molar-refractivity contribution in [2.45, 2.75) is 64.1 Å². The Morgan fingerprint density at radius 3 is 2.33 bits per heavy atom. The lowest BCUT2D eigenvalue weighted by Crippen LogP contribution is -2.48. The van der Waals surface area contributed by atoms with Crippen LogP contribution >= 0.6 is 0 Å². The highest BCUT2D eigenvalue weighted by molar-refractivity contribution is 5.83. The van der Waals surface area contributed by atoms with E-state index in [4.69, 9.17) is 21.1 Å². The average molecular weight is 428 g/mol. The van der Waals surface area contributed by atoms with Crippen molar-refractivity contribution in [2.75, 3.05) is 0 Å². The fourth-order valence-corrected chi connectivity index (χ4v) is 2.50. The van der Waals surface area contributed by atoms with Crippen molar-refractivity contribution in [3.63, 3.8) is 0 Å². The highest BCUT2D eigenvalue weighted by Gasteiger charge is 2.29. The van der Waals surface area contributed by atoms with Gasteiger partial charge in [0.1, 0.15) is 12.1 Å². The summed E-state index contributed by atoms with van der Waals surface area (Å²) < 4.78 is 5.22. The van der Waals surface area contributed by atoms with Gasteiger partial charge in [0.15, 0.2) is 5.82 Å². The summed E-state index contributed by atoms with van der Waals surface area (Å²) in [5, 5.41) is 26.5. The molecule has 3 amide bonds. The fourth-order valence-electron chi connectivity index (χ4n) is 2.50. The minimum atomic E-state index is -1.38. The number of carbonyl (C=O) groups excluding carboxylic acids is 2. The van der Waals surface area contributed by atoms with Crippen LogP contribution in [0.15, 0.2) is 4.52 Å². The Morgan fingerprint density at radius 2 is 1.80 bits per heavy atom. The molecule has 0 fully saturated rings. The zero-order chi connectivity index (χ0) is 22.8. The van der Waals surface area contributed by atoms with Crippen LogP contribution in [0.4, 0.5) is 4.79 Å². The van der Waals surface area contributed by atoms with E-state index in [0.717, 1.165) is 0 Å². The van der Waals surface area contributed by atoms with Gasteiger partial charge in [0.25, 0.3) is 0 Å². The molecule has 13 nitrogen and oxygen atoms in total. The second-order valence-electron chi connectivity index (χ2n) is 6.91. The first kappa shape index (κ1) is 24.8. The van der Waals surface area contributed by atoms with E-state index >= 15 is 0 Å². The van der Waals surface area contributed by atoms with E-state index in [1.54, 1.807) is 0 Å². The summed E-state index contributed by atoms with van der Waals surface area (Å²) in [6, 6.07) is -3.63. The van der Waals surface area contributed by atoms with Crippen molar-refractivity contribution in [1.29, 1.82) is 0 Å². The standard InChI is InChI=1S/C17H28N6O7/c1-3-8(2)13(15-22-14(23-30-15)9(18)4-6-11(19)24)21-17(29)20-10(16(27)28)5-7-12(25)26/h8-10,13H,3-7,18H2,1-2H3,(H2,19,24)(H,25,26)(H,27,28)(H2,20,21,29)/t8-,9-,10-,13?/m0/s1. The van der Waals surface area contributed by atoms with Gasteiger partial charge < -0.3 is 36.8 Å². The maximum atomic E-state index is 12.3. The lowest BCUT2D eigenvalue weighted by molar-refractivity contribution is -0.140. The van der Waals surface area contributed by atoms with E-state index in [9.17, 15) is 24.3 Å². The number of nitrogens with zero attached hydrogens (tertiary/aromatic N) is 2. The van der Waals surface area contributed by atoms with Crippen molar-refractivity contribution in [3.8, 4) is 0 Å². The van der Waals surface area contributed by atoms with Gasteiger partial charge in [-0.3, -0.25) is 9.59 Å². The molecule has 0 aromatic carbocycles. The monoisotopic (exact) mass is 428 g/mol. The number of carboxylic acid groups (broad SMARTS) is 2. The van der Waals surface area contributed by atoms with Gasteiger partial charge in [0, 0.05) is 12.8 Å². The maximum absolute atomic E-state index is 12.3. The van der Waals surface area contributed by atoms with Crippen molar-refractivity contribution in [2.24, 2.45) is 17.4 Å². The van der Waals surface area contributed by atoms with Crippen LogP contribution in [0.5, 0.6) is 0 Å². The normalized spacial score (nSPS) is 14.9. The first-order chi connectivity index (χ1) is 14.0. The zero-order valence-electron chi connectivity index (χ0n) is 16.8. The van der Waals surface area contributed by atoms with Crippen molar-refractivity contribution >= 4 is 23.9 Å². The zero-order valence-corrected chi connectivity index (χ0v) is 16.8. The maximum Gasteiger partial charge on any atom is 0.326 e. The number of nitrogens with one attached hydrogen (secondary N) is 2. The highest BCUT2D eigenvalue weighted by Crippen LogP contribution is 2.24. The second-order valence-corrected chi connectivity index (χ2v) is 6.91. The van der Waals surface area contributed by atoms with E-state index < -0.39 is 48.4 Å². The Kier molecular flexibility index (Phi) is 9.68. The molecule has 0 spiro atoms. The molecule has 0 aliphatic heterocycles. The number of primary amides is 1. The molecule has 0 aliphatic rings. The third-order valence-corrected chi connectivity index (χ3v) is 4.51. The Balaban J connectivity index is 2.87. The van der Waals surface area contributed by atoms with E-state index in [2.05, 4.69) is 20.8 Å². The summed E-state index contributed by atoms with van der Waals surface area (Å²) in [6.45, 7) is 3.70. The highest BCUT2D eigenvalue weighted by atomic mass is 16.5. The SMILES string of the molecule is CC[C@H](C)C(NC(=O)N[C@@H](CCC(=O)O)C(=O)O)c1nc([C@@H](N)CCC(N)=O)no1. The van der Waals surface area contributed by atoms with E-state index in [1.807, 2.05) is 13.8 Å². The molecule has 1 unspecified atom stereocenters. The fraction of sp³-hybridized carbons (Fsp3) is 0.647. The van der Waals surface area contributed by atoms with Gasteiger partial charge in [-0.05, 0) is 18.8 Å². The Hall–Kier alpha value is -3.22. The topological polar surface area (TPSA) is 224 Å². The van der Waals surface area contributed by atoms with Gasteiger partial charge in [-0.2, -0.15) is 4.98 Å². The number of urea groups is 1. The predicted molar refractivity (Wildman–Crippen MR) is 102 cm³/mol. The van der Waals surface area contributed by atoms with Gasteiger partial charge in [0.2, 0.25) is 11.8 Å². The molecule has 30 heavy (non-hydrogen) atoms. The van der Waals surface area contributed by atoms with Gasteiger partial charge in [-0.15, -0.1) is 0 Å². The lowest BCUT2D eigenvalue weighted by Gasteiger charge is -2.22. The summed E-state index contributed by atoms with van der Waals surface area (Å²) in [5.74, 6) is -2.99. The largest absolute Gasteiger partial charge is 0.481 e. The summed E-state index contributed by atoms with van der Waals surface area (Å²) in [7, 11) is 0. The number of carboxylic acids is 2. The molecule has 1 aromatic heterocycles. The molecule has 0 bridgehead atoms. The molecular weight excluding hydrogens is 400 g/mol. The number of amides is 3. The van der Waals surface area contributed by atoms with Crippen molar-refractivity contribution in [1.82, 2.24) is 20.8 Å². The van der Waals surface area contributed by atoms with E-state index in [1.165, 1.54) is 0 Å². The van der Waals surface area contributed by atoms with E-state index in [0.29, 0.717) is 6.42 Å². The third kappa shape index (κ3) is 8.03. The quantitative estimate of drug-likeness (QED) is 0.247. The van der Waals surface area contributed by atoms with E-state index in [-0.39, 0.29) is 36.9 Å². The molecule has 0 radical (unpaired) electrons. The van der Waals surface area contributed by atoms with Crippen LogP contribution in [-0.4, -0.2) is 50.3 Å². The van der Waals surface area contributed by atoms with Crippen LogP contribution < -0.4 is 22.1 Å². The molecule has 4 atom stereocenters. The number of nitrogens with two attached hydrogens (primary N) is 2. The van der Waals surface area contributed by atoms with Crippen molar-refractivity contribution in [3.05, 3.63) is 11.7 Å². The molecule has 13 heteroatoms. The molecule has 1 rings (SSSR count). The molecular formula is C17H28N6O7. The van der Waals surface area contributed by atoms with Gasteiger partial charge in [0.05, 0.1) is 6.04 Å². The molecule has 168 valence electrons. The first-order valence-electron chi connectivity index (χ1n) is 9.44. The van der Waals surface area contributed by atoms with Gasteiger partial charge >= 0.3 is 18.0 Å². The average Bonchev–Trinajstić information content (AvgIpc) is 3.16. The van der Waals surface area contributed by atoms with Crippen LogP contribution in [0.2, 0.25) is 0 Å². The molecule has 0 saturated heterocycles. The molecule has 1 heterocycles. The van der Waals surface area contributed by atoms with Gasteiger partial charge in [-0.25, -0.2) is 9.59 Å². The van der Waals surface area contributed by atoms with Crippen molar-refractivity contribution < 1.29 is 33.9 Å². The van der Waals surface area contributed by atoms with Crippen LogP contribution in [0.1, 0.15) is 69.8 Å². The second kappa shape index (κ2) is 11.7. The molecule has 8 N–H and O–H groups in total. The predicted octanol–water partition coefficient (Wildman–Crippen LogP) is 0.0393. The number of rotatable bonds is 13. The lowest BCUT2D eigenvalue weighted by atomic mass is 9.99. The molecule has 1 aromatic rings. The summed E-state index contributed by atoms with van der Waals surface area (Å²) in [5.41, 5.74) is 11.0. The molecule has 0 saturated carbocycles. The first-order valence-corrected chi connectivity index (χ1v) is 9.44. The Labute approximate surface area is 172 Å². The minimum Gasteiger partial charge on any atom is -0.481 e. The van der Waals surface area contributed by atoms with Crippen LogP contribution in [0.3, 0.4) is 0 Å². The van der Waals surface area contributed by atoms with Gasteiger partial charge in [-0.1, -0.05) is 25.4 Å². The Bertz CT molecular complexity index is 753. The van der Waals surface area contributed by atoms with Crippen LogP contribution in [0.25, 0.3) is 0 Å². The summed E-state index contributed by atoms with van der Waals surface area (Å²) >= 11 is 0. The summed E-state index contributed by atoms with van der Waals surface area (Å²) in [4.78, 5) is 49.3. The minimum absolute atomic E-state index is 0.0490. The Morgan fingerprint density at radius 1 is 1.13 bits per heavy atom. The molecule has 0 aliphatic carbocycles. The smallest absolute Gasteiger partial charge is 0.326 e.